The number of ether oxygens (including phenoxy) is 1. The highest BCUT2D eigenvalue weighted by molar-refractivity contribution is 6.28. The van der Waals surface area contributed by atoms with Gasteiger partial charge in [-0.25, -0.2) is 13.8 Å². The van der Waals surface area contributed by atoms with E-state index in [1.54, 1.807) is 0 Å². The number of carbonyl (C=O) groups is 2. The van der Waals surface area contributed by atoms with Crippen molar-refractivity contribution in [1.82, 2.24) is 4.98 Å². The van der Waals surface area contributed by atoms with Crippen molar-refractivity contribution in [3.63, 3.8) is 0 Å². The van der Waals surface area contributed by atoms with Crippen molar-refractivity contribution in [1.29, 1.82) is 0 Å². The van der Waals surface area contributed by atoms with Gasteiger partial charge in [-0.1, -0.05) is 12.1 Å². The maximum absolute atomic E-state index is 13.6. The van der Waals surface area contributed by atoms with Crippen LogP contribution in [0, 0.1) is 5.92 Å². The lowest BCUT2D eigenvalue weighted by atomic mass is 10.0. The number of hydrazone groups is 1. The SMILES string of the molecule is CC1=NN(c2ccc(OC(F)F)c(-c3ncco3)c2)C(=O)C1C(=O)Nc1cccc(C(C)(F)F)c1. The third-order valence-electron chi connectivity index (χ3n) is 5.12. The Bertz CT molecular complexity index is 1290. The lowest BCUT2D eigenvalue weighted by Crippen LogP contribution is -2.36. The zero-order chi connectivity index (χ0) is 25.3. The zero-order valence-corrected chi connectivity index (χ0v) is 18.3. The van der Waals surface area contributed by atoms with E-state index in [0.29, 0.717) is 0 Å². The highest BCUT2D eigenvalue weighted by Crippen LogP contribution is 2.36. The molecule has 2 amide bonds. The number of anilines is 2. The number of hydrogen-bond acceptors (Lipinski definition) is 6. The minimum atomic E-state index is -3.11. The predicted molar refractivity (Wildman–Crippen MR) is 117 cm³/mol. The van der Waals surface area contributed by atoms with Gasteiger partial charge in [-0.2, -0.15) is 18.9 Å². The van der Waals surface area contributed by atoms with Crippen molar-refractivity contribution >= 4 is 28.9 Å². The Balaban J connectivity index is 1.59. The first-order valence-electron chi connectivity index (χ1n) is 10.2. The van der Waals surface area contributed by atoms with Crippen LogP contribution in [0.25, 0.3) is 11.5 Å². The Kier molecular flexibility index (Phi) is 6.29. The molecule has 12 heteroatoms. The van der Waals surface area contributed by atoms with E-state index in [4.69, 9.17) is 4.42 Å². The molecule has 1 aliphatic heterocycles. The molecule has 1 aliphatic rings. The first-order valence-corrected chi connectivity index (χ1v) is 10.2. The summed E-state index contributed by atoms with van der Waals surface area (Å²) in [7, 11) is 0. The summed E-state index contributed by atoms with van der Waals surface area (Å²) in [4.78, 5) is 29.8. The molecule has 4 rings (SSSR count). The molecule has 0 saturated heterocycles. The number of aromatic nitrogens is 1. The molecule has 0 saturated carbocycles. The standard InChI is InChI=1S/C23H18F4N4O4/c1-12-18(19(32)29-14-5-3-4-13(10-14)23(2,26)27)21(33)31(30-12)15-6-7-17(35-22(24)25)16(11-15)20-28-8-9-34-20/h3-11,18,22H,1-2H3,(H,29,32). The molecule has 182 valence electrons. The molecule has 1 N–H and O–H groups in total. The molecule has 1 aromatic heterocycles. The van der Waals surface area contributed by atoms with E-state index in [9.17, 15) is 27.2 Å². The van der Waals surface area contributed by atoms with Crippen molar-refractivity contribution in [3.05, 3.63) is 60.5 Å². The molecule has 2 heterocycles. The number of benzene rings is 2. The van der Waals surface area contributed by atoms with E-state index in [1.807, 2.05) is 0 Å². The van der Waals surface area contributed by atoms with Gasteiger partial charge in [0.2, 0.25) is 11.8 Å². The maximum Gasteiger partial charge on any atom is 0.387 e. The van der Waals surface area contributed by atoms with Gasteiger partial charge in [0.1, 0.15) is 12.0 Å². The van der Waals surface area contributed by atoms with Crippen LogP contribution in [0.1, 0.15) is 19.4 Å². The van der Waals surface area contributed by atoms with Crippen LogP contribution in [0.3, 0.4) is 0 Å². The molecule has 0 fully saturated rings. The molecule has 8 nitrogen and oxygen atoms in total. The van der Waals surface area contributed by atoms with Gasteiger partial charge in [0, 0.05) is 18.2 Å². The quantitative estimate of drug-likeness (QED) is 0.370. The maximum atomic E-state index is 13.6. The van der Waals surface area contributed by atoms with Crippen molar-refractivity contribution in [2.24, 2.45) is 11.0 Å². The van der Waals surface area contributed by atoms with Crippen molar-refractivity contribution in [2.45, 2.75) is 26.4 Å². The van der Waals surface area contributed by atoms with Gasteiger partial charge >= 0.3 is 6.61 Å². The molecular weight excluding hydrogens is 472 g/mol. The molecule has 1 atom stereocenters. The fraction of sp³-hybridized carbons (Fsp3) is 0.217. The van der Waals surface area contributed by atoms with E-state index < -0.39 is 30.3 Å². The third kappa shape index (κ3) is 5.00. The smallest absolute Gasteiger partial charge is 0.387 e. The summed E-state index contributed by atoms with van der Waals surface area (Å²) in [6.45, 7) is -0.919. The van der Waals surface area contributed by atoms with Gasteiger partial charge in [0.15, 0.2) is 5.92 Å². The van der Waals surface area contributed by atoms with Crippen LogP contribution in [0.5, 0.6) is 5.75 Å². The van der Waals surface area contributed by atoms with Crippen LogP contribution < -0.4 is 15.1 Å². The summed E-state index contributed by atoms with van der Waals surface area (Å²) < 4.78 is 62.5. The van der Waals surface area contributed by atoms with Crippen LogP contribution in [0.4, 0.5) is 28.9 Å². The second-order valence-electron chi connectivity index (χ2n) is 7.68. The van der Waals surface area contributed by atoms with Crippen molar-refractivity contribution in [3.8, 4) is 17.2 Å². The van der Waals surface area contributed by atoms with Gasteiger partial charge < -0.3 is 14.5 Å². The lowest BCUT2D eigenvalue weighted by molar-refractivity contribution is -0.127. The molecular formula is C23H18F4N4O4. The highest BCUT2D eigenvalue weighted by atomic mass is 19.3. The fourth-order valence-electron chi connectivity index (χ4n) is 3.51. The summed E-state index contributed by atoms with van der Waals surface area (Å²) in [5.74, 6) is -6.20. The number of nitrogens with one attached hydrogen (secondary N) is 1. The Labute approximate surface area is 196 Å². The molecule has 0 spiro atoms. The van der Waals surface area contributed by atoms with Gasteiger partial charge in [0.25, 0.3) is 11.8 Å². The number of rotatable bonds is 7. The number of alkyl halides is 4. The predicted octanol–water partition coefficient (Wildman–Crippen LogP) is 5.03. The molecule has 0 radical (unpaired) electrons. The lowest BCUT2D eigenvalue weighted by Gasteiger charge is -2.17. The number of halogens is 4. The average molecular weight is 490 g/mol. The van der Waals surface area contributed by atoms with Crippen LogP contribution in [0.2, 0.25) is 0 Å². The topological polar surface area (TPSA) is 97.0 Å². The van der Waals surface area contributed by atoms with E-state index >= 15 is 0 Å². The van der Waals surface area contributed by atoms with Gasteiger partial charge in [-0.3, -0.25) is 9.59 Å². The van der Waals surface area contributed by atoms with Gasteiger partial charge in [0.05, 0.1) is 23.2 Å². The van der Waals surface area contributed by atoms with E-state index in [0.717, 1.165) is 18.0 Å². The molecule has 35 heavy (non-hydrogen) atoms. The third-order valence-corrected chi connectivity index (χ3v) is 5.12. The van der Waals surface area contributed by atoms with Crippen LogP contribution in [0.15, 0.2) is 64.4 Å². The monoisotopic (exact) mass is 490 g/mol. The first kappa shape index (κ1) is 23.9. The second-order valence-corrected chi connectivity index (χ2v) is 7.68. The summed E-state index contributed by atoms with van der Waals surface area (Å²) >= 11 is 0. The van der Waals surface area contributed by atoms with E-state index in [1.165, 1.54) is 55.8 Å². The Morgan fingerprint density at radius 1 is 1.23 bits per heavy atom. The summed E-state index contributed by atoms with van der Waals surface area (Å²) in [6, 6.07) is 8.93. The Hall–Kier alpha value is -4.22. The van der Waals surface area contributed by atoms with Crippen molar-refractivity contribution in [2.75, 3.05) is 10.3 Å². The molecule has 3 aromatic rings. The molecule has 0 bridgehead atoms. The Morgan fingerprint density at radius 2 is 2.00 bits per heavy atom. The number of hydrogen-bond donors (Lipinski definition) is 1. The van der Waals surface area contributed by atoms with Crippen LogP contribution in [-0.4, -0.2) is 29.1 Å². The van der Waals surface area contributed by atoms with Gasteiger partial charge in [-0.15, -0.1) is 0 Å². The molecule has 2 aromatic carbocycles. The minimum absolute atomic E-state index is 0.0308. The number of oxazole rings is 1. The largest absolute Gasteiger partial charge is 0.444 e. The second kappa shape index (κ2) is 9.20. The number of carbonyl (C=O) groups excluding carboxylic acids is 2. The van der Waals surface area contributed by atoms with E-state index in [-0.39, 0.29) is 39.9 Å². The zero-order valence-electron chi connectivity index (χ0n) is 18.3. The Morgan fingerprint density at radius 3 is 2.66 bits per heavy atom. The summed E-state index contributed by atoms with van der Waals surface area (Å²) in [5, 5.41) is 7.54. The van der Waals surface area contributed by atoms with Crippen LogP contribution in [-0.2, 0) is 15.5 Å². The highest BCUT2D eigenvalue weighted by Gasteiger charge is 2.40. The summed E-state index contributed by atoms with van der Waals surface area (Å²) in [6.07, 6.45) is 2.54. The molecule has 1 unspecified atom stereocenters. The van der Waals surface area contributed by atoms with Crippen molar-refractivity contribution < 1.29 is 36.3 Å². The van der Waals surface area contributed by atoms with Crippen LogP contribution >= 0.6 is 0 Å². The normalized spacial score (nSPS) is 16.0. The summed E-state index contributed by atoms with van der Waals surface area (Å²) in [5.41, 5.74) is 0.124. The molecule has 0 aliphatic carbocycles. The first-order chi connectivity index (χ1) is 16.5. The number of amides is 2. The average Bonchev–Trinajstić information content (AvgIpc) is 3.41. The van der Waals surface area contributed by atoms with E-state index in [2.05, 4.69) is 20.1 Å². The van der Waals surface area contributed by atoms with Gasteiger partial charge in [-0.05, 0) is 37.3 Å². The fourth-order valence-corrected chi connectivity index (χ4v) is 3.51. The minimum Gasteiger partial charge on any atom is -0.444 e. The number of nitrogens with zero attached hydrogens (tertiary/aromatic N) is 3.